The van der Waals surface area contributed by atoms with Crippen LogP contribution in [-0.2, 0) is 10.9 Å². The molecule has 3 N–H and O–H groups in total. The smallest absolute Gasteiger partial charge is 0.399 e. The van der Waals surface area contributed by atoms with Crippen molar-refractivity contribution in [1.82, 2.24) is 9.55 Å². The van der Waals surface area contributed by atoms with Gasteiger partial charge in [-0.15, -0.1) is 0 Å². The van der Waals surface area contributed by atoms with Crippen molar-refractivity contribution in [2.45, 2.75) is 39.0 Å². The van der Waals surface area contributed by atoms with Crippen molar-refractivity contribution in [3.63, 3.8) is 0 Å². The van der Waals surface area contributed by atoms with E-state index in [4.69, 9.17) is 10.5 Å². The fourth-order valence-corrected chi connectivity index (χ4v) is 4.44. The Kier molecular flexibility index (Phi) is 6.82. The van der Waals surface area contributed by atoms with Gasteiger partial charge in [0.05, 0.1) is 35.9 Å². The van der Waals surface area contributed by atoms with Crippen molar-refractivity contribution < 1.29 is 17.9 Å². The van der Waals surface area contributed by atoms with Gasteiger partial charge in [-0.3, -0.25) is 4.79 Å². The van der Waals surface area contributed by atoms with Crippen LogP contribution in [-0.4, -0.2) is 35.9 Å². The molecule has 0 bridgehead atoms. The molecule has 3 aromatic rings. The zero-order valence-electron chi connectivity index (χ0n) is 20.2. The van der Waals surface area contributed by atoms with Gasteiger partial charge in [0, 0.05) is 36.4 Å². The molecule has 1 saturated heterocycles. The van der Waals surface area contributed by atoms with Crippen molar-refractivity contribution in [1.29, 1.82) is 5.26 Å². The molecule has 3 heterocycles. The van der Waals surface area contributed by atoms with Crippen LogP contribution >= 0.6 is 0 Å². The lowest BCUT2D eigenvalue weighted by Gasteiger charge is -2.30. The number of nitrogens with zero attached hydrogens (tertiary/aromatic N) is 4. The molecule has 1 fully saturated rings. The lowest BCUT2D eigenvalue weighted by Crippen LogP contribution is -2.40. The van der Waals surface area contributed by atoms with E-state index in [0.29, 0.717) is 54.3 Å². The van der Waals surface area contributed by atoms with E-state index in [2.05, 4.69) is 16.4 Å². The predicted molar refractivity (Wildman–Crippen MR) is 132 cm³/mol. The lowest BCUT2D eigenvalue weighted by atomic mass is 10.0. The summed E-state index contributed by atoms with van der Waals surface area (Å²) in [4.78, 5) is 19.9. The number of benzene rings is 1. The second-order valence-corrected chi connectivity index (χ2v) is 9.04. The van der Waals surface area contributed by atoms with Crippen molar-refractivity contribution in [3.8, 4) is 6.07 Å². The normalized spacial score (nSPS) is 15.2. The summed E-state index contributed by atoms with van der Waals surface area (Å²) in [5.74, 6) is 0.344. The number of alkyl halides is 3. The van der Waals surface area contributed by atoms with Crippen molar-refractivity contribution in [2.75, 3.05) is 42.3 Å². The highest BCUT2D eigenvalue weighted by molar-refractivity contribution is 5.95. The number of aromatic nitrogens is 2. The molecule has 11 heteroatoms. The van der Waals surface area contributed by atoms with Crippen LogP contribution in [0.25, 0.3) is 10.9 Å². The van der Waals surface area contributed by atoms with Crippen LogP contribution in [0.2, 0.25) is 0 Å². The minimum Gasteiger partial charge on any atom is -0.399 e. The van der Waals surface area contributed by atoms with Gasteiger partial charge in [-0.2, -0.15) is 18.4 Å². The number of nitriles is 1. The molecule has 190 valence electrons. The van der Waals surface area contributed by atoms with Gasteiger partial charge in [0.15, 0.2) is 0 Å². The Bertz CT molecular complexity index is 1390. The van der Waals surface area contributed by atoms with Crippen LogP contribution in [0, 0.1) is 11.3 Å². The monoisotopic (exact) mass is 500 g/mol. The first-order valence-corrected chi connectivity index (χ1v) is 11.6. The number of nitrogen functional groups attached to an aromatic ring is 1. The van der Waals surface area contributed by atoms with Gasteiger partial charge in [-0.05, 0) is 50.6 Å². The van der Waals surface area contributed by atoms with Gasteiger partial charge in [0.1, 0.15) is 17.6 Å². The SMILES string of the molecule is CC(C)n1c(=O)c(N2CCOCC2)cc2c(N[C@H](C)c3cc(N)cc(C(F)(F)F)c3)ncc(C#N)c21. The van der Waals surface area contributed by atoms with Crippen molar-refractivity contribution >= 4 is 28.1 Å². The standard InChI is InChI=1S/C25H27F3N6O2/c1-14(2)34-22-17(12-29)13-31-23(20(22)11-21(24(34)35)33-4-6-36-7-5-33)32-15(3)16-8-18(25(26,27)28)10-19(30)9-16/h8-11,13-15H,4-7,30H2,1-3H3,(H,31,32)/t15-/m1/s1. The number of fused-ring (bicyclic) bond motifs is 1. The van der Waals surface area contributed by atoms with Gasteiger partial charge in [-0.25, -0.2) is 4.98 Å². The minimum atomic E-state index is -4.54. The van der Waals surface area contributed by atoms with E-state index in [1.165, 1.54) is 12.3 Å². The first-order chi connectivity index (χ1) is 17.0. The number of rotatable bonds is 5. The molecule has 0 amide bonds. The van der Waals surface area contributed by atoms with Crippen LogP contribution in [0.1, 0.15) is 49.5 Å². The largest absolute Gasteiger partial charge is 0.416 e. The molecule has 4 rings (SSSR count). The van der Waals surface area contributed by atoms with E-state index in [1.807, 2.05) is 18.7 Å². The summed E-state index contributed by atoms with van der Waals surface area (Å²) in [6.07, 6.45) is -3.17. The summed E-state index contributed by atoms with van der Waals surface area (Å²) in [7, 11) is 0. The molecule has 1 atom stereocenters. The predicted octanol–water partition coefficient (Wildman–Crippen LogP) is 4.46. The first kappa shape index (κ1) is 25.3. The second kappa shape index (κ2) is 9.70. The Morgan fingerprint density at radius 1 is 1.17 bits per heavy atom. The van der Waals surface area contributed by atoms with Crippen molar-refractivity contribution in [3.05, 3.63) is 57.5 Å². The second-order valence-electron chi connectivity index (χ2n) is 9.04. The van der Waals surface area contributed by atoms with Crippen molar-refractivity contribution in [2.24, 2.45) is 0 Å². The van der Waals surface area contributed by atoms with E-state index >= 15 is 0 Å². The highest BCUT2D eigenvalue weighted by Gasteiger charge is 2.31. The Balaban J connectivity index is 1.88. The molecular weight excluding hydrogens is 473 g/mol. The molecule has 36 heavy (non-hydrogen) atoms. The van der Waals surface area contributed by atoms with E-state index in [-0.39, 0.29) is 22.9 Å². The van der Waals surface area contributed by atoms with E-state index < -0.39 is 17.8 Å². The molecule has 0 spiro atoms. The first-order valence-electron chi connectivity index (χ1n) is 11.6. The molecule has 8 nitrogen and oxygen atoms in total. The van der Waals surface area contributed by atoms with E-state index in [1.54, 1.807) is 17.6 Å². The maximum Gasteiger partial charge on any atom is 0.416 e. The Hall–Kier alpha value is -3.78. The van der Waals surface area contributed by atoms with Gasteiger partial charge in [-0.1, -0.05) is 0 Å². The van der Waals surface area contributed by atoms with Crippen LogP contribution < -0.4 is 21.5 Å². The number of hydrogen-bond donors (Lipinski definition) is 2. The third-order valence-corrected chi connectivity index (χ3v) is 6.19. The average molecular weight is 501 g/mol. The topological polar surface area (TPSA) is 109 Å². The molecule has 2 aromatic heterocycles. The number of anilines is 3. The van der Waals surface area contributed by atoms with Crippen LogP contribution in [0.15, 0.2) is 35.3 Å². The minimum absolute atomic E-state index is 0.00521. The van der Waals surface area contributed by atoms with Crippen LogP contribution in [0.5, 0.6) is 0 Å². The maximum atomic E-state index is 13.5. The Labute approximate surface area is 206 Å². The number of morpholine rings is 1. The summed E-state index contributed by atoms with van der Waals surface area (Å²) in [5.41, 5.74) is 6.11. The number of halogens is 3. The Morgan fingerprint density at radius 2 is 1.86 bits per heavy atom. The number of nitrogens with one attached hydrogen (secondary N) is 1. The highest BCUT2D eigenvalue weighted by Crippen LogP contribution is 2.35. The van der Waals surface area contributed by atoms with Gasteiger partial charge >= 0.3 is 6.18 Å². The fourth-order valence-electron chi connectivity index (χ4n) is 4.44. The molecule has 0 radical (unpaired) electrons. The van der Waals surface area contributed by atoms with E-state index in [0.717, 1.165) is 12.1 Å². The number of pyridine rings is 2. The third-order valence-electron chi connectivity index (χ3n) is 6.19. The quantitative estimate of drug-likeness (QED) is 0.498. The number of ether oxygens (including phenoxy) is 1. The van der Waals surface area contributed by atoms with Crippen LogP contribution in [0.3, 0.4) is 0 Å². The molecule has 0 saturated carbocycles. The molecule has 1 aliphatic heterocycles. The van der Waals surface area contributed by atoms with Crippen LogP contribution in [0.4, 0.5) is 30.4 Å². The van der Waals surface area contributed by atoms with E-state index in [9.17, 15) is 23.2 Å². The Morgan fingerprint density at radius 3 is 2.47 bits per heavy atom. The molecule has 1 aliphatic rings. The zero-order valence-corrected chi connectivity index (χ0v) is 20.2. The maximum absolute atomic E-state index is 13.5. The van der Waals surface area contributed by atoms with Gasteiger partial charge in [0.2, 0.25) is 0 Å². The average Bonchev–Trinajstić information content (AvgIpc) is 2.83. The summed E-state index contributed by atoms with van der Waals surface area (Å²) in [5, 5.41) is 13.5. The fraction of sp³-hybridized carbons (Fsp3) is 0.400. The number of hydrogen-bond acceptors (Lipinski definition) is 7. The van der Waals surface area contributed by atoms with Gasteiger partial charge in [0.25, 0.3) is 5.56 Å². The summed E-state index contributed by atoms with van der Waals surface area (Å²) in [6.45, 7) is 7.44. The summed E-state index contributed by atoms with van der Waals surface area (Å²) >= 11 is 0. The molecular formula is C25H27F3N6O2. The zero-order chi connectivity index (χ0) is 26.2. The summed E-state index contributed by atoms with van der Waals surface area (Å²) in [6, 6.07) is 6.35. The summed E-state index contributed by atoms with van der Waals surface area (Å²) < 4.78 is 47.0. The van der Waals surface area contributed by atoms with Gasteiger partial charge < -0.3 is 25.3 Å². The molecule has 0 unspecified atom stereocenters. The third kappa shape index (κ3) is 4.81. The lowest BCUT2D eigenvalue weighted by molar-refractivity contribution is -0.137. The molecule has 0 aliphatic carbocycles. The highest BCUT2D eigenvalue weighted by atomic mass is 19.4. The number of nitrogens with two attached hydrogens (primary N) is 1. The molecule has 1 aromatic carbocycles.